The van der Waals surface area contributed by atoms with Crippen LogP contribution in [0.15, 0.2) is 30.6 Å². The molecule has 0 unspecified atom stereocenters. The second kappa shape index (κ2) is 4.88. The lowest BCUT2D eigenvalue weighted by Gasteiger charge is -2.05. The fraction of sp³-hybridized carbons (Fsp3) is 0.167. The lowest BCUT2D eigenvalue weighted by Crippen LogP contribution is -1.94. The standard InChI is InChI=1S/C12H11FN2O2/c1-8-4-10(2-3-11(8)13)17-12-6-14-9(7-16)5-15-12/h2-6,16H,7H2,1H3. The second-order valence-corrected chi connectivity index (χ2v) is 3.52. The average molecular weight is 234 g/mol. The molecular weight excluding hydrogens is 223 g/mol. The molecule has 1 heterocycles. The van der Waals surface area contributed by atoms with E-state index in [1.807, 2.05) is 0 Å². The lowest BCUT2D eigenvalue weighted by molar-refractivity contribution is 0.276. The van der Waals surface area contributed by atoms with Gasteiger partial charge in [-0.3, -0.25) is 4.98 Å². The van der Waals surface area contributed by atoms with Gasteiger partial charge in [0.1, 0.15) is 11.6 Å². The van der Waals surface area contributed by atoms with Crippen molar-refractivity contribution in [2.24, 2.45) is 0 Å². The molecule has 0 aliphatic carbocycles. The number of ether oxygens (including phenoxy) is 1. The highest BCUT2D eigenvalue weighted by atomic mass is 19.1. The average Bonchev–Trinajstić information content (AvgIpc) is 2.35. The number of benzene rings is 1. The number of nitrogens with zero attached hydrogens (tertiary/aromatic N) is 2. The van der Waals surface area contributed by atoms with Crippen molar-refractivity contribution in [3.63, 3.8) is 0 Å². The first-order valence-electron chi connectivity index (χ1n) is 5.05. The molecule has 0 saturated carbocycles. The van der Waals surface area contributed by atoms with Gasteiger partial charge in [0.05, 0.1) is 24.7 Å². The summed E-state index contributed by atoms with van der Waals surface area (Å²) >= 11 is 0. The Kier molecular flexibility index (Phi) is 3.30. The monoisotopic (exact) mass is 234 g/mol. The summed E-state index contributed by atoms with van der Waals surface area (Å²) in [6.45, 7) is 1.49. The second-order valence-electron chi connectivity index (χ2n) is 3.52. The lowest BCUT2D eigenvalue weighted by atomic mass is 10.2. The van der Waals surface area contributed by atoms with Crippen LogP contribution < -0.4 is 4.74 Å². The first-order chi connectivity index (χ1) is 8.19. The summed E-state index contributed by atoms with van der Waals surface area (Å²) in [6.07, 6.45) is 2.83. The number of hydrogen-bond donors (Lipinski definition) is 1. The minimum atomic E-state index is -0.279. The third-order valence-electron chi connectivity index (χ3n) is 2.20. The fourth-order valence-corrected chi connectivity index (χ4v) is 1.28. The Labute approximate surface area is 97.7 Å². The summed E-state index contributed by atoms with van der Waals surface area (Å²) in [4.78, 5) is 7.88. The van der Waals surface area contributed by atoms with Crippen molar-refractivity contribution < 1.29 is 14.2 Å². The number of aryl methyl sites for hydroxylation is 1. The summed E-state index contributed by atoms with van der Waals surface area (Å²) in [5.74, 6) is 0.516. The molecule has 0 atom stereocenters. The molecule has 17 heavy (non-hydrogen) atoms. The van der Waals surface area contributed by atoms with E-state index in [0.717, 1.165) is 0 Å². The van der Waals surface area contributed by atoms with Crippen LogP contribution in [0, 0.1) is 12.7 Å². The quantitative estimate of drug-likeness (QED) is 0.884. The van der Waals surface area contributed by atoms with Gasteiger partial charge in [-0.05, 0) is 30.7 Å². The van der Waals surface area contributed by atoms with Gasteiger partial charge in [-0.1, -0.05) is 0 Å². The zero-order valence-electron chi connectivity index (χ0n) is 9.22. The van der Waals surface area contributed by atoms with Gasteiger partial charge in [-0.25, -0.2) is 9.37 Å². The van der Waals surface area contributed by atoms with Gasteiger partial charge in [0.25, 0.3) is 0 Å². The van der Waals surface area contributed by atoms with E-state index < -0.39 is 0 Å². The molecule has 2 aromatic rings. The topological polar surface area (TPSA) is 55.2 Å². The van der Waals surface area contributed by atoms with Crippen molar-refractivity contribution >= 4 is 0 Å². The van der Waals surface area contributed by atoms with Gasteiger partial charge < -0.3 is 9.84 Å². The van der Waals surface area contributed by atoms with Crippen LogP contribution in [0.4, 0.5) is 4.39 Å². The van der Waals surface area contributed by atoms with E-state index in [9.17, 15) is 4.39 Å². The third-order valence-corrected chi connectivity index (χ3v) is 2.20. The fourth-order valence-electron chi connectivity index (χ4n) is 1.28. The van der Waals surface area contributed by atoms with E-state index >= 15 is 0 Å². The number of hydrogen-bond acceptors (Lipinski definition) is 4. The number of rotatable bonds is 3. The predicted molar refractivity (Wildman–Crippen MR) is 59.2 cm³/mol. The zero-order chi connectivity index (χ0) is 12.3. The number of halogens is 1. The Morgan fingerprint density at radius 3 is 2.71 bits per heavy atom. The molecular formula is C12H11FN2O2. The van der Waals surface area contributed by atoms with Gasteiger partial charge in [-0.2, -0.15) is 0 Å². The molecule has 0 saturated heterocycles. The highest BCUT2D eigenvalue weighted by Gasteiger charge is 2.03. The molecule has 0 spiro atoms. The Morgan fingerprint density at radius 1 is 1.29 bits per heavy atom. The number of aromatic nitrogens is 2. The van der Waals surface area contributed by atoms with Crippen LogP contribution in [0.25, 0.3) is 0 Å². The minimum Gasteiger partial charge on any atom is -0.437 e. The summed E-state index contributed by atoms with van der Waals surface area (Å²) in [5, 5.41) is 8.80. The minimum absolute atomic E-state index is 0.164. The van der Waals surface area contributed by atoms with Gasteiger partial charge in [0.2, 0.25) is 5.88 Å². The van der Waals surface area contributed by atoms with Crippen LogP contribution in [0.2, 0.25) is 0 Å². The summed E-state index contributed by atoms with van der Waals surface area (Å²) in [7, 11) is 0. The van der Waals surface area contributed by atoms with Gasteiger partial charge >= 0.3 is 0 Å². The van der Waals surface area contributed by atoms with Crippen molar-refractivity contribution in [1.82, 2.24) is 9.97 Å². The molecule has 0 bridgehead atoms. The highest BCUT2D eigenvalue weighted by Crippen LogP contribution is 2.21. The van der Waals surface area contributed by atoms with Crippen LogP contribution in [0.1, 0.15) is 11.3 Å². The molecule has 4 nitrogen and oxygen atoms in total. The molecule has 2 rings (SSSR count). The first-order valence-corrected chi connectivity index (χ1v) is 5.05. The maximum Gasteiger partial charge on any atom is 0.237 e. The highest BCUT2D eigenvalue weighted by molar-refractivity contribution is 5.31. The largest absolute Gasteiger partial charge is 0.437 e. The molecule has 0 aliphatic rings. The van der Waals surface area contributed by atoms with Gasteiger partial charge in [-0.15, -0.1) is 0 Å². The zero-order valence-corrected chi connectivity index (χ0v) is 9.22. The van der Waals surface area contributed by atoms with E-state index in [1.54, 1.807) is 13.0 Å². The van der Waals surface area contributed by atoms with Crippen molar-refractivity contribution in [3.8, 4) is 11.6 Å². The maximum absolute atomic E-state index is 13.0. The van der Waals surface area contributed by atoms with E-state index in [0.29, 0.717) is 22.9 Å². The van der Waals surface area contributed by atoms with Crippen LogP contribution >= 0.6 is 0 Å². The van der Waals surface area contributed by atoms with E-state index in [4.69, 9.17) is 9.84 Å². The summed E-state index contributed by atoms with van der Waals surface area (Å²) < 4.78 is 18.4. The normalized spacial score (nSPS) is 10.3. The Balaban J connectivity index is 2.16. The molecule has 0 aliphatic heterocycles. The number of aliphatic hydroxyl groups is 1. The Morgan fingerprint density at radius 2 is 2.12 bits per heavy atom. The molecule has 1 N–H and O–H groups in total. The molecule has 88 valence electrons. The van der Waals surface area contributed by atoms with Crippen molar-refractivity contribution in [3.05, 3.63) is 47.7 Å². The van der Waals surface area contributed by atoms with Crippen molar-refractivity contribution in [1.29, 1.82) is 0 Å². The van der Waals surface area contributed by atoms with Gasteiger partial charge in [0, 0.05) is 0 Å². The molecule has 0 amide bonds. The molecule has 0 radical (unpaired) electrons. The van der Waals surface area contributed by atoms with E-state index in [1.165, 1.54) is 24.5 Å². The SMILES string of the molecule is Cc1cc(Oc2cnc(CO)cn2)ccc1F. The summed E-state index contributed by atoms with van der Waals surface area (Å²) in [6, 6.07) is 4.43. The third kappa shape index (κ3) is 2.76. The maximum atomic E-state index is 13.0. The van der Waals surface area contributed by atoms with Crippen LogP contribution in [-0.2, 0) is 6.61 Å². The summed E-state index contributed by atoms with van der Waals surface area (Å²) in [5.41, 5.74) is 0.968. The van der Waals surface area contributed by atoms with Gasteiger partial charge in [0.15, 0.2) is 0 Å². The predicted octanol–water partition coefficient (Wildman–Crippen LogP) is 2.21. The molecule has 1 aromatic heterocycles. The van der Waals surface area contributed by atoms with Crippen LogP contribution in [0.5, 0.6) is 11.6 Å². The molecule has 0 fully saturated rings. The Hall–Kier alpha value is -2.01. The van der Waals surface area contributed by atoms with E-state index in [2.05, 4.69) is 9.97 Å². The smallest absolute Gasteiger partial charge is 0.237 e. The van der Waals surface area contributed by atoms with Crippen molar-refractivity contribution in [2.45, 2.75) is 13.5 Å². The molecule has 1 aromatic carbocycles. The van der Waals surface area contributed by atoms with Crippen LogP contribution in [0.3, 0.4) is 0 Å². The van der Waals surface area contributed by atoms with Crippen molar-refractivity contribution in [2.75, 3.05) is 0 Å². The Bertz CT molecular complexity index is 514. The molecule has 5 heteroatoms. The number of aliphatic hydroxyl groups excluding tert-OH is 1. The first kappa shape index (κ1) is 11.5. The van der Waals surface area contributed by atoms with Crippen LogP contribution in [-0.4, -0.2) is 15.1 Å². The van der Waals surface area contributed by atoms with E-state index in [-0.39, 0.29) is 12.4 Å².